The summed E-state index contributed by atoms with van der Waals surface area (Å²) in [5.41, 5.74) is 1.74. The molecule has 8 nitrogen and oxygen atoms in total. The van der Waals surface area contributed by atoms with E-state index in [0.29, 0.717) is 26.6 Å². The Morgan fingerprint density at radius 1 is 1.29 bits per heavy atom. The maximum absolute atomic E-state index is 12.8. The number of halogens is 1. The Hall–Kier alpha value is -3.04. The van der Waals surface area contributed by atoms with Crippen LogP contribution in [-0.4, -0.2) is 30.2 Å². The highest BCUT2D eigenvalue weighted by Gasteiger charge is 2.15. The molecule has 3 heterocycles. The number of thiophene rings is 1. The van der Waals surface area contributed by atoms with Crippen molar-refractivity contribution in [2.75, 3.05) is 5.32 Å². The van der Waals surface area contributed by atoms with Crippen molar-refractivity contribution in [3.05, 3.63) is 63.0 Å². The van der Waals surface area contributed by atoms with Crippen LogP contribution in [0.15, 0.2) is 42.0 Å². The van der Waals surface area contributed by atoms with Gasteiger partial charge in [-0.25, -0.2) is 14.6 Å². The van der Waals surface area contributed by atoms with E-state index < -0.39 is 0 Å². The second-order valence-electron chi connectivity index (χ2n) is 6.19. The highest BCUT2D eigenvalue weighted by atomic mass is 35.5. The summed E-state index contributed by atoms with van der Waals surface area (Å²) in [5, 5.41) is 7.88. The fourth-order valence-electron chi connectivity index (χ4n) is 2.87. The summed E-state index contributed by atoms with van der Waals surface area (Å²) >= 11 is 7.54. The predicted octanol–water partition coefficient (Wildman–Crippen LogP) is 2.95. The van der Waals surface area contributed by atoms with Crippen molar-refractivity contribution < 1.29 is 4.79 Å². The second kappa shape index (κ2) is 7.17. The van der Waals surface area contributed by atoms with Gasteiger partial charge in [0.15, 0.2) is 0 Å². The summed E-state index contributed by atoms with van der Waals surface area (Å²) in [7, 11) is 0. The summed E-state index contributed by atoms with van der Waals surface area (Å²) in [6.07, 6.45) is 4.31. The van der Waals surface area contributed by atoms with Crippen molar-refractivity contribution in [2.24, 2.45) is 0 Å². The van der Waals surface area contributed by atoms with Crippen LogP contribution in [-0.2, 0) is 11.3 Å². The number of anilines is 1. The molecule has 1 aromatic carbocycles. The Balaban J connectivity index is 1.63. The second-order valence-corrected chi connectivity index (χ2v) is 7.83. The predicted molar refractivity (Wildman–Crippen MR) is 108 cm³/mol. The molecule has 3 aromatic heterocycles. The molecule has 142 valence electrons. The van der Waals surface area contributed by atoms with E-state index in [1.165, 1.54) is 39.6 Å². The molecule has 28 heavy (non-hydrogen) atoms. The third-order valence-corrected chi connectivity index (χ3v) is 5.72. The van der Waals surface area contributed by atoms with E-state index in [2.05, 4.69) is 20.4 Å². The van der Waals surface area contributed by atoms with Crippen molar-refractivity contribution in [3.63, 3.8) is 0 Å². The maximum Gasteiger partial charge on any atom is 0.262 e. The molecule has 0 saturated heterocycles. The van der Waals surface area contributed by atoms with Crippen LogP contribution < -0.4 is 10.9 Å². The van der Waals surface area contributed by atoms with Gasteiger partial charge in [-0.15, -0.1) is 11.3 Å². The number of hydrogen-bond acceptors (Lipinski definition) is 6. The molecule has 0 fully saturated rings. The van der Waals surface area contributed by atoms with E-state index >= 15 is 0 Å². The van der Waals surface area contributed by atoms with Crippen molar-refractivity contribution in [1.29, 1.82) is 0 Å². The van der Waals surface area contributed by atoms with Crippen LogP contribution in [0.2, 0.25) is 5.02 Å². The number of aryl methyl sites for hydroxylation is 2. The summed E-state index contributed by atoms with van der Waals surface area (Å²) in [6, 6.07) is 5.04. The summed E-state index contributed by atoms with van der Waals surface area (Å²) in [5.74, 6) is -0.378. The number of aromatic nitrogens is 5. The third kappa shape index (κ3) is 3.30. The van der Waals surface area contributed by atoms with Gasteiger partial charge in [0.25, 0.3) is 5.56 Å². The third-order valence-electron chi connectivity index (χ3n) is 4.37. The van der Waals surface area contributed by atoms with Crippen molar-refractivity contribution >= 4 is 44.7 Å². The van der Waals surface area contributed by atoms with Crippen LogP contribution in [0.4, 0.5) is 5.69 Å². The SMILES string of the molecule is Cc1sc2ncn(CC(=O)Nc3cc(Cl)ccc3-n3cncn3)c(=O)c2c1C. The molecule has 4 aromatic rings. The minimum Gasteiger partial charge on any atom is -0.323 e. The average molecular weight is 415 g/mol. The maximum atomic E-state index is 12.8. The van der Waals surface area contributed by atoms with Crippen LogP contribution in [0.1, 0.15) is 10.4 Å². The number of hydrogen-bond donors (Lipinski definition) is 1. The van der Waals surface area contributed by atoms with Gasteiger partial charge < -0.3 is 5.32 Å². The molecular weight excluding hydrogens is 400 g/mol. The smallest absolute Gasteiger partial charge is 0.262 e. The molecule has 1 N–H and O–H groups in total. The van der Waals surface area contributed by atoms with Crippen LogP contribution in [0.3, 0.4) is 0 Å². The first-order chi connectivity index (χ1) is 13.4. The van der Waals surface area contributed by atoms with E-state index in [-0.39, 0.29) is 18.0 Å². The molecule has 0 aliphatic carbocycles. The van der Waals surface area contributed by atoms with Gasteiger partial charge >= 0.3 is 0 Å². The Morgan fingerprint density at radius 2 is 2.11 bits per heavy atom. The molecule has 0 atom stereocenters. The number of benzene rings is 1. The molecule has 1 amide bonds. The summed E-state index contributed by atoms with van der Waals surface area (Å²) in [4.78, 5) is 35.3. The number of carbonyl (C=O) groups is 1. The first kappa shape index (κ1) is 18.3. The quantitative estimate of drug-likeness (QED) is 0.554. The zero-order chi connectivity index (χ0) is 19.8. The molecule has 0 radical (unpaired) electrons. The zero-order valence-electron chi connectivity index (χ0n) is 15.0. The molecule has 0 aliphatic rings. The first-order valence-electron chi connectivity index (χ1n) is 8.33. The molecule has 4 rings (SSSR count). The summed E-state index contributed by atoms with van der Waals surface area (Å²) < 4.78 is 2.82. The fourth-order valence-corrected chi connectivity index (χ4v) is 4.03. The van der Waals surface area contributed by atoms with Crippen LogP contribution >= 0.6 is 22.9 Å². The molecule has 10 heteroatoms. The Bertz CT molecular complexity index is 1250. The Labute approximate surface area is 168 Å². The van der Waals surface area contributed by atoms with Crippen LogP contribution in [0.25, 0.3) is 15.9 Å². The van der Waals surface area contributed by atoms with Gasteiger partial charge in [0.1, 0.15) is 24.0 Å². The van der Waals surface area contributed by atoms with E-state index in [0.717, 1.165) is 10.4 Å². The minimum atomic E-state index is -0.378. The lowest BCUT2D eigenvalue weighted by atomic mass is 10.2. The standard InChI is InChI=1S/C18H15ClN6O2S/c1-10-11(2)28-17-16(10)18(27)24(9-21-17)6-15(26)23-13-5-12(19)3-4-14(13)25-8-20-7-22-25/h3-5,7-9H,6H2,1-2H3,(H,23,26). The fraction of sp³-hybridized carbons (Fsp3) is 0.167. The number of amides is 1. The number of nitrogens with zero attached hydrogens (tertiary/aromatic N) is 5. The van der Waals surface area contributed by atoms with Crippen LogP contribution in [0.5, 0.6) is 0 Å². The van der Waals surface area contributed by atoms with E-state index in [9.17, 15) is 9.59 Å². The molecule has 0 aliphatic heterocycles. The van der Waals surface area contributed by atoms with Gasteiger partial charge in [-0.05, 0) is 37.6 Å². The average Bonchev–Trinajstić information content (AvgIpc) is 3.27. The first-order valence-corrected chi connectivity index (χ1v) is 9.53. The Morgan fingerprint density at radius 3 is 2.86 bits per heavy atom. The van der Waals surface area contributed by atoms with Gasteiger partial charge in [0.05, 0.1) is 23.1 Å². The van der Waals surface area contributed by atoms with Gasteiger partial charge in [-0.1, -0.05) is 11.6 Å². The topological polar surface area (TPSA) is 94.7 Å². The van der Waals surface area contributed by atoms with Crippen molar-refractivity contribution in [1.82, 2.24) is 24.3 Å². The number of fused-ring (bicyclic) bond motifs is 1. The normalized spacial score (nSPS) is 11.1. The Kier molecular flexibility index (Phi) is 4.70. The minimum absolute atomic E-state index is 0.167. The zero-order valence-corrected chi connectivity index (χ0v) is 16.6. The van der Waals surface area contributed by atoms with Crippen molar-refractivity contribution in [3.8, 4) is 5.69 Å². The van der Waals surface area contributed by atoms with Gasteiger partial charge in [-0.3, -0.25) is 14.2 Å². The summed E-state index contributed by atoms with van der Waals surface area (Å²) in [6.45, 7) is 3.67. The molecular formula is C18H15ClN6O2S. The van der Waals surface area contributed by atoms with Gasteiger partial charge in [-0.2, -0.15) is 5.10 Å². The lowest BCUT2D eigenvalue weighted by Crippen LogP contribution is -2.28. The van der Waals surface area contributed by atoms with Gasteiger partial charge in [0.2, 0.25) is 5.91 Å². The largest absolute Gasteiger partial charge is 0.323 e. The molecule has 0 spiro atoms. The van der Waals surface area contributed by atoms with Crippen LogP contribution in [0, 0.1) is 13.8 Å². The van der Waals surface area contributed by atoms with E-state index in [1.807, 2.05) is 13.8 Å². The molecule has 0 unspecified atom stereocenters. The van der Waals surface area contributed by atoms with Gasteiger partial charge in [0, 0.05) is 9.90 Å². The molecule has 0 bridgehead atoms. The highest BCUT2D eigenvalue weighted by Crippen LogP contribution is 2.26. The lowest BCUT2D eigenvalue weighted by Gasteiger charge is -2.12. The van der Waals surface area contributed by atoms with E-state index in [1.54, 1.807) is 18.2 Å². The number of carbonyl (C=O) groups excluding carboxylic acids is 1. The lowest BCUT2D eigenvalue weighted by molar-refractivity contribution is -0.116. The monoisotopic (exact) mass is 414 g/mol. The van der Waals surface area contributed by atoms with Crippen molar-refractivity contribution in [2.45, 2.75) is 20.4 Å². The highest BCUT2D eigenvalue weighted by molar-refractivity contribution is 7.18. The van der Waals surface area contributed by atoms with E-state index in [4.69, 9.17) is 11.6 Å². The number of nitrogens with one attached hydrogen (secondary N) is 1. The number of rotatable bonds is 4. The molecule has 0 saturated carbocycles.